The Morgan fingerprint density at radius 2 is 1.94 bits per heavy atom. The molecule has 0 fully saturated rings. The Bertz CT molecular complexity index is 278. The van der Waals surface area contributed by atoms with E-state index in [4.69, 9.17) is 4.74 Å². The van der Waals surface area contributed by atoms with E-state index in [1.807, 2.05) is 6.92 Å². The number of methoxy groups -OCH3 is 1. The summed E-state index contributed by atoms with van der Waals surface area (Å²) in [5.74, 6) is -1.12. The first-order chi connectivity index (χ1) is 7.81. The van der Waals surface area contributed by atoms with Crippen molar-refractivity contribution in [3.8, 4) is 0 Å². The van der Waals surface area contributed by atoms with E-state index in [9.17, 15) is 14.7 Å². The third kappa shape index (κ3) is 3.70. The van der Waals surface area contributed by atoms with E-state index in [0.717, 1.165) is 0 Å². The maximum atomic E-state index is 11.9. The minimum Gasteiger partial charge on any atom is -0.467 e. The number of carbonyl (C=O) groups excluding carboxylic acids is 2. The Balaban J connectivity index is 5.37. The largest absolute Gasteiger partial charge is 0.467 e. The summed E-state index contributed by atoms with van der Waals surface area (Å²) < 4.78 is 4.73. The van der Waals surface area contributed by atoms with Crippen LogP contribution in [-0.2, 0) is 14.3 Å². The summed E-state index contributed by atoms with van der Waals surface area (Å²) >= 11 is 0. The second-order valence-corrected chi connectivity index (χ2v) is 4.58. The van der Waals surface area contributed by atoms with Crippen LogP contribution in [0.25, 0.3) is 0 Å². The Morgan fingerprint density at radius 1 is 1.41 bits per heavy atom. The van der Waals surface area contributed by atoms with Gasteiger partial charge in [-0.25, -0.2) is 4.79 Å². The smallest absolute Gasteiger partial charge is 0.334 e. The summed E-state index contributed by atoms with van der Waals surface area (Å²) in [6.07, 6.45) is 0.0244. The van der Waals surface area contributed by atoms with Gasteiger partial charge in [0.1, 0.15) is 0 Å². The third-order valence-electron chi connectivity index (χ3n) is 2.73. The van der Waals surface area contributed by atoms with Crippen molar-refractivity contribution in [2.75, 3.05) is 7.11 Å². The van der Waals surface area contributed by atoms with E-state index in [0.29, 0.717) is 12.8 Å². The van der Waals surface area contributed by atoms with Crippen molar-refractivity contribution in [2.45, 2.75) is 52.2 Å². The number of nitrogens with one attached hydrogen (secondary N) is 1. The second kappa shape index (κ2) is 6.59. The van der Waals surface area contributed by atoms with Crippen molar-refractivity contribution in [2.24, 2.45) is 5.92 Å². The fourth-order valence-corrected chi connectivity index (χ4v) is 2.02. The molecule has 0 aliphatic heterocycles. The summed E-state index contributed by atoms with van der Waals surface area (Å²) in [5.41, 5.74) is -1.34. The van der Waals surface area contributed by atoms with Crippen molar-refractivity contribution in [3.63, 3.8) is 0 Å². The minimum absolute atomic E-state index is 0.160. The maximum absolute atomic E-state index is 11.9. The van der Waals surface area contributed by atoms with E-state index < -0.39 is 17.6 Å². The molecule has 0 bridgehead atoms. The number of ether oxygens (including phenoxy) is 1. The average Bonchev–Trinajstić information content (AvgIpc) is 2.25. The van der Waals surface area contributed by atoms with Crippen molar-refractivity contribution in [1.29, 1.82) is 0 Å². The summed E-state index contributed by atoms with van der Waals surface area (Å²) in [5, 5.41) is 12.8. The van der Waals surface area contributed by atoms with Gasteiger partial charge in [-0.05, 0) is 12.3 Å². The van der Waals surface area contributed by atoms with Gasteiger partial charge in [0.25, 0.3) is 0 Å². The lowest BCUT2D eigenvalue weighted by Gasteiger charge is -2.37. The van der Waals surface area contributed by atoms with Gasteiger partial charge in [-0.1, -0.05) is 27.2 Å². The van der Waals surface area contributed by atoms with Gasteiger partial charge < -0.3 is 15.2 Å². The predicted molar refractivity (Wildman–Crippen MR) is 64.3 cm³/mol. The van der Waals surface area contributed by atoms with E-state index >= 15 is 0 Å². The minimum atomic E-state index is -1.34. The Hall–Kier alpha value is -1.10. The van der Waals surface area contributed by atoms with Crippen LogP contribution in [0.1, 0.15) is 40.5 Å². The highest BCUT2D eigenvalue weighted by molar-refractivity contribution is 5.87. The summed E-state index contributed by atoms with van der Waals surface area (Å²) in [6.45, 7) is 6.78. The van der Waals surface area contributed by atoms with Gasteiger partial charge in [-0.2, -0.15) is 0 Å². The molecule has 100 valence electrons. The topological polar surface area (TPSA) is 75.6 Å². The lowest BCUT2D eigenvalue weighted by molar-refractivity contribution is -0.159. The molecule has 0 saturated heterocycles. The highest BCUT2D eigenvalue weighted by atomic mass is 16.5. The number of amides is 1. The number of carbonyl (C=O) groups is 2. The standard InChI is InChI=1S/C12H23NO4/c1-6-7-12(11(16)17-5,13-9(4)14)10(15)8(2)3/h8,10,15H,6-7H2,1-5H3,(H,13,14)/t10-,12-/m0/s1. The molecule has 0 aliphatic rings. The SMILES string of the molecule is CCC[C@@](NC(C)=O)(C(=O)OC)[C@@H](O)C(C)C. The molecule has 17 heavy (non-hydrogen) atoms. The second-order valence-electron chi connectivity index (χ2n) is 4.58. The number of rotatable bonds is 6. The fraction of sp³-hybridized carbons (Fsp3) is 0.833. The van der Waals surface area contributed by atoms with Crippen molar-refractivity contribution in [1.82, 2.24) is 5.32 Å². The van der Waals surface area contributed by atoms with Crippen LogP contribution in [-0.4, -0.2) is 35.7 Å². The molecule has 2 N–H and O–H groups in total. The van der Waals surface area contributed by atoms with Gasteiger partial charge in [-0.15, -0.1) is 0 Å². The van der Waals surface area contributed by atoms with E-state index in [1.165, 1.54) is 14.0 Å². The first-order valence-electron chi connectivity index (χ1n) is 5.87. The van der Waals surface area contributed by atoms with Crippen LogP contribution in [0.5, 0.6) is 0 Å². The zero-order chi connectivity index (χ0) is 13.6. The number of esters is 1. The fourth-order valence-electron chi connectivity index (χ4n) is 2.02. The molecule has 0 saturated carbocycles. The van der Waals surface area contributed by atoms with Gasteiger partial charge >= 0.3 is 5.97 Å². The van der Waals surface area contributed by atoms with Crippen LogP contribution in [0.15, 0.2) is 0 Å². The number of aliphatic hydroxyl groups is 1. The summed E-state index contributed by atoms with van der Waals surface area (Å²) in [7, 11) is 1.25. The number of hydrogen-bond acceptors (Lipinski definition) is 4. The van der Waals surface area contributed by atoms with Crippen molar-refractivity contribution in [3.05, 3.63) is 0 Å². The summed E-state index contributed by atoms with van der Waals surface area (Å²) in [4.78, 5) is 23.2. The van der Waals surface area contributed by atoms with E-state index in [2.05, 4.69) is 5.32 Å². The molecule has 1 amide bonds. The van der Waals surface area contributed by atoms with Crippen molar-refractivity contribution >= 4 is 11.9 Å². The van der Waals surface area contributed by atoms with Gasteiger partial charge in [0, 0.05) is 6.92 Å². The highest BCUT2D eigenvalue weighted by Crippen LogP contribution is 2.25. The van der Waals surface area contributed by atoms with E-state index in [-0.39, 0.29) is 11.8 Å². The first kappa shape index (κ1) is 15.9. The zero-order valence-electron chi connectivity index (χ0n) is 11.2. The molecule has 0 unspecified atom stereocenters. The molecular formula is C12H23NO4. The van der Waals surface area contributed by atoms with Crippen LogP contribution in [0, 0.1) is 5.92 Å². The molecule has 0 aromatic rings. The summed E-state index contributed by atoms with van der Waals surface area (Å²) in [6, 6.07) is 0. The lowest BCUT2D eigenvalue weighted by Crippen LogP contribution is -2.63. The first-order valence-corrected chi connectivity index (χ1v) is 5.87. The molecule has 0 heterocycles. The third-order valence-corrected chi connectivity index (χ3v) is 2.73. The molecule has 0 radical (unpaired) electrons. The van der Waals surface area contributed by atoms with Gasteiger partial charge in [0.15, 0.2) is 5.54 Å². The molecular weight excluding hydrogens is 222 g/mol. The maximum Gasteiger partial charge on any atom is 0.334 e. The predicted octanol–water partition coefficient (Wildman–Crippen LogP) is 0.851. The molecule has 0 rings (SSSR count). The molecule has 5 heteroatoms. The normalized spacial score (nSPS) is 16.2. The van der Waals surface area contributed by atoms with Crippen LogP contribution in [0.3, 0.4) is 0 Å². The average molecular weight is 245 g/mol. The van der Waals surface area contributed by atoms with Gasteiger partial charge in [0.05, 0.1) is 13.2 Å². The van der Waals surface area contributed by atoms with Crippen LogP contribution in [0.2, 0.25) is 0 Å². The van der Waals surface area contributed by atoms with Gasteiger partial charge in [-0.3, -0.25) is 4.79 Å². The molecule has 0 aliphatic carbocycles. The van der Waals surface area contributed by atoms with Crippen LogP contribution < -0.4 is 5.32 Å². The number of aliphatic hydroxyl groups excluding tert-OH is 1. The van der Waals surface area contributed by atoms with Crippen molar-refractivity contribution < 1.29 is 19.4 Å². The highest BCUT2D eigenvalue weighted by Gasteiger charge is 2.47. The van der Waals surface area contributed by atoms with E-state index in [1.54, 1.807) is 13.8 Å². The Morgan fingerprint density at radius 3 is 2.24 bits per heavy atom. The molecule has 0 spiro atoms. The molecule has 0 aromatic carbocycles. The molecule has 5 nitrogen and oxygen atoms in total. The zero-order valence-corrected chi connectivity index (χ0v) is 11.2. The van der Waals surface area contributed by atoms with Gasteiger partial charge in [0.2, 0.25) is 5.91 Å². The Labute approximate surface area is 103 Å². The van der Waals surface area contributed by atoms with Crippen LogP contribution >= 0.6 is 0 Å². The molecule has 2 atom stereocenters. The Kier molecular flexibility index (Phi) is 6.16. The lowest BCUT2D eigenvalue weighted by atomic mass is 9.81. The quantitative estimate of drug-likeness (QED) is 0.680. The monoisotopic (exact) mass is 245 g/mol. The molecule has 0 aromatic heterocycles. The van der Waals surface area contributed by atoms with Crippen LogP contribution in [0.4, 0.5) is 0 Å². The number of hydrogen-bond donors (Lipinski definition) is 2.